The zero-order valence-electron chi connectivity index (χ0n) is 12.6. The van der Waals surface area contributed by atoms with Crippen molar-refractivity contribution < 1.29 is 31.0 Å². The average molecular weight is 385 g/mol. The number of sulfone groups is 1. The van der Waals surface area contributed by atoms with Crippen molar-refractivity contribution in [1.29, 1.82) is 0 Å². The van der Waals surface area contributed by atoms with Crippen molar-refractivity contribution >= 4 is 31.2 Å². The van der Waals surface area contributed by atoms with Crippen LogP contribution in [0.25, 0.3) is 0 Å². The van der Waals surface area contributed by atoms with Crippen LogP contribution in [0.5, 0.6) is 0 Å². The third kappa shape index (κ3) is 4.72. The molecule has 2 N–H and O–H groups in total. The number of fused-ring (bicyclic) bond motifs is 1. The van der Waals surface area contributed by atoms with Gasteiger partial charge < -0.3 is 14.2 Å². The van der Waals surface area contributed by atoms with Gasteiger partial charge in [0, 0.05) is 7.11 Å². The number of ether oxygens (including phenoxy) is 3. The summed E-state index contributed by atoms with van der Waals surface area (Å²) in [4.78, 5) is 0.354. The summed E-state index contributed by atoms with van der Waals surface area (Å²) in [7, 11) is -5.96. The van der Waals surface area contributed by atoms with Crippen molar-refractivity contribution in [2.75, 3.05) is 32.9 Å². The van der Waals surface area contributed by atoms with E-state index in [0.717, 1.165) is 17.4 Å². The van der Waals surface area contributed by atoms with E-state index >= 15 is 0 Å². The summed E-state index contributed by atoms with van der Waals surface area (Å²) in [6.45, 7) is 0.736. The molecule has 8 nitrogen and oxygen atoms in total. The highest BCUT2D eigenvalue weighted by molar-refractivity contribution is 7.92. The first-order valence-corrected chi connectivity index (χ1v) is 10.8. The average Bonchev–Trinajstić information content (AvgIpc) is 2.87. The van der Waals surface area contributed by atoms with E-state index in [0.29, 0.717) is 30.9 Å². The molecule has 0 saturated heterocycles. The molecule has 11 heteroatoms. The maximum absolute atomic E-state index is 12.3. The van der Waals surface area contributed by atoms with Gasteiger partial charge in [0.15, 0.2) is 9.84 Å². The number of thiophene rings is 1. The molecule has 0 radical (unpaired) electrons. The molecule has 1 aromatic heterocycles. The lowest BCUT2D eigenvalue weighted by molar-refractivity contribution is -0.100. The fraction of sp³-hybridized carbons (Fsp3) is 0.667. The number of primary sulfonamides is 1. The first kappa shape index (κ1) is 18.8. The van der Waals surface area contributed by atoms with Gasteiger partial charge in [-0.1, -0.05) is 0 Å². The summed E-state index contributed by atoms with van der Waals surface area (Å²) in [6.07, 6.45) is 0.354. The number of methoxy groups -OCH3 is 1. The molecule has 1 atom stereocenters. The van der Waals surface area contributed by atoms with Gasteiger partial charge in [-0.05, 0) is 18.9 Å². The Morgan fingerprint density at radius 3 is 2.78 bits per heavy atom. The second-order valence-corrected chi connectivity index (χ2v) is 9.92. The van der Waals surface area contributed by atoms with Crippen LogP contribution in [0.2, 0.25) is 0 Å². The Balaban J connectivity index is 2.24. The number of sulfonamides is 1. The zero-order chi connectivity index (χ0) is 17.1. The Hall–Kier alpha value is -0.560. The molecule has 0 aliphatic carbocycles. The van der Waals surface area contributed by atoms with E-state index in [-0.39, 0.29) is 21.7 Å². The van der Waals surface area contributed by atoms with Crippen molar-refractivity contribution in [3.8, 4) is 0 Å². The molecule has 0 amide bonds. The highest BCUT2D eigenvalue weighted by atomic mass is 32.2. The fourth-order valence-corrected chi connectivity index (χ4v) is 6.21. The van der Waals surface area contributed by atoms with Crippen LogP contribution in [0.15, 0.2) is 15.2 Å². The van der Waals surface area contributed by atoms with Gasteiger partial charge in [-0.3, -0.25) is 0 Å². The first-order chi connectivity index (χ1) is 10.8. The SMILES string of the molecule is COCCOCOC1CCCS(=O)(=O)c2cc(S(N)(=O)=O)sc21. The number of rotatable bonds is 7. The van der Waals surface area contributed by atoms with E-state index < -0.39 is 26.0 Å². The van der Waals surface area contributed by atoms with Crippen LogP contribution in [-0.2, 0) is 34.1 Å². The standard InChI is InChI=1S/C12H19NO7S3/c1-18-4-5-19-8-20-9-3-2-6-22(14,15)10-7-11(21-12(9)10)23(13,16)17/h7,9H,2-6,8H2,1H3,(H2,13,16,17). The molecule has 2 heterocycles. The molecule has 0 saturated carbocycles. The smallest absolute Gasteiger partial charge is 0.247 e. The predicted molar refractivity (Wildman–Crippen MR) is 83.5 cm³/mol. The van der Waals surface area contributed by atoms with Gasteiger partial charge in [0.2, 0.25) is 10.0 Å². The molecule has 0 spiro atoms. The van der Waals surface area contributed by atoms with Crippen LogP contribution in [0, 0.1) is 0 Å². The topological polar surface area (TPSA) is 122 Å². The second kappa shape index (κ2) is 7.55. The molecule has 0 aromatic carbocycles. The molecule has 2 rings (SSSR count). The summed E-state index contributed by atoms with van der Waals surface area (Å²) >= 11 is 0.837. The molecule has 0 bridgehead atoms. The van der Waals surface area contributed by atoms with Crippen LogP contribution in [0.3, 0.4) is 0 Å². The van der Waals surface area contributed by atoms with E-state index in [4.69, 9.17) is 19.3 Å². The highest BCUT2D eigenvalue weighted by Gasteiger charge is 2.32. The predicted octanol–water partition coefficient (Wildman–Crippen LogP) is 0.641. The maximum atomic E-state index is 12.3. The minimum absolute atomic E-state index is 0.00841. The van der Waals surface area contributed by atoms with Gasteiger partial charge in [0.05, 0.1) is 34.8 Å². The van der Waals surface area contributed by atoms with E-state index in [1.54, 1.807) is 7.11 Å². The zero-order valence-corrected chi connectivity index (χ0v) is 15.0. The van der Waals surface area contributed by atoms with Crippen LogP contribution < -0.4 is 5.14 Å². The van der Waals surface area contributed by atoms with Crippen LogP contribution in [0.4, 0.5) is 0 Å². The van der Waals surface area contributed by atoms with Crippen molar-refractivity contribution in [3.05, 3.63) is 10.9 Å². The largest absolute Gasteiger partial charge is 0.382 e. The van der Waals surface area contributed by atoms with Gasteiger partial charge in [0.1, 0.15) is 11.0 Å². The highest BCUT2D eigenvalue weighted by Crippen LogP contribution is 2.40. The molecule has 1 aliphatic rings. The quantitative estimate of drug-likeness (QED) is 0.540. The second-order valence-electron chi connectivity index (χ2n) is 4.97. The van der Waals surface area contributed by atoms with Crippen LogP contribution in [-0.4, -0.2) is 49.7 Å². The normalized spacial score (nSPS) is 20.9. The van der Waals surface area contributed by atoms with Crippen molar-refractivity contribution in [2.45, 2.75) is 28.1 Å². The van der Waals surface area contributed by atoms with Crippen molar-refractivity contribution in [2.24, 2.45) is 5.14 Å². The van der Waals surface area contributed by atoms with Gasteiger partial charge in [0.25, 0.3) is 0 Å². The molecule has 23 heavy (non-hydrogen) atoms. The molecule has 132 valence electrons. The van der Waals surface area contributed by atoms with Crippen molar-refractivity contribution in [3.63, 3.8) is 0 Å². The summed E-state index contributed by atoms with van der Waals surface area (Å²) < 4.78 is 63.0. The van der Waals surface area contributed by atoms with E-state index in [9.17, 15) is 16.8 Å². The summed E-state index contributed by atoms with van der Waals surface area (Å²) in [6, 6.07) is 1.12. The number of nitrogens with two attached hydrogens (primary N) is 1. The minimum atomic E-state index is -3.96. The summed E-state index contributed by atoms with van der Waals surface area (Å²) in [5.41, 5.74) is 0. The lowest BCUT2D eigenvalue weighted by Crippen LogP contribution is -2.11. The molecule has 1 aromatic rings. The maximum Gasteiger partial charge on any atom is 0.247 e. The summed E-state index contributed by atoms with van der Waals surface area (Å²) in [5.74, 6) is -0.0504. The molecular weight excluding hydrogens is 366 g/mol. The van der Waals surface area contributed by atoms with E-state index in [1.165, 1.54) is 0 Å². The number of hydrogen-bond acceptors (Lipinski definition) is 8. The summed E-state index contributed by atoms with van der Waals surface area (Å²) in [5, 5.41) is 5.11. The monoisotopic (exact) mass is 385 g/mol. The van der Waals surface area contributed by atoms with E-state index in [1.807, 2.05) is 0 Å². The van der Waals surface area contributed by atoms with Gasteiger partial charge >= 0.3 is 0 Å². The van der Waals surface area contributed by atoms with Gasteiger partial charge in [-0.2, -0.15) is 0 Å². The van der Waals surface area contributed by atoms with Crippen molar-refractivity contribution in [1.82, 2.24) is 0 Å². The van der Waals surface area contributed by atoms with Crippen LogP contribution in [0.1, 0.15) is 23.8 Å². The Morgan fingerprint density at radius 1 is 1.39 bits per heavy atom. The van der Waals surface area contributed by atoms with Gasteiger partial charge in [-0.15, -0.1) is 11.3 Å². The van der Waals surface area contributed by atoms with E-state index in [2.05, 4.69) is 0 Å². The van der Waals surface area contributed by atoms with Crippen LogP contribution >= 0.6 is 11.3 Å². The molecule has 1 aliphatic heterocycles. The third-order valence-electron chi connectivity index (χ3n) is 3.27. The molecule has 1 unspecified atom stereocenters. The Labute approximate surface area is 139 Å². The lowest BCUT2D eigenvalue weighted by Gasteiger charge is -2.15. The molecular formula is C12H19NO7S3. The minimum Gasteiger partial charge on any atom is -0.382 e. The Morgan fingerprint density at radius 2 is 2.13 bits per heavy atom. The third-order valence-corrected chi connectivity index (χ3v) is 7.88. The fourth-order valence-electron chi connectivity index (χ4n) is 2.16. The first-order valence-electron chi connectivity index (χ1n) is 6.83. The van der Waals surface area contributed by atoms with Gasteiger partial charge in [-0.25, -0.2) is 22.0 Å². The molecule has 0 fully saturated rings. The Bertz CT molecular complexity index is 739. The number of hydrogen-bond donors (Lipinski definition) is 1. The Kier molecular flexibility index (Phi) is 6.16. The lowest BCUT2D eigenvalue weighted by atomic mass is 10.2.